The van der Waals surface area contributed by atoms with Crippen LogP contribution in [0.1, 0.15) is 84.2 Å². The second-order valence-electron chi connectivity index (χ2n) is 19.7. The minimum absolute atomic E-state index is 0.00159. The van der Waals surface area contributed by atoms with Gasteiger partial charge in [0.25, 0.3) is 11.8 Å². The predicted octanol–water partition coefficient (Wildman–Crippen LogP) is 8.01. The zero-order valence-corrected chi connectivity index (χ0v) is 44.8. The molecule has 22 nitrogen and oxygen atoms in total. The molecule has 0 radical (unpaired) electrons. The van der Waals surface area contributed by atoms with Crippen molar-refractivity contribution in [2.24, 2.45) is 0 Å². The Morgan fingerprint density at radius 1 is 0.570 bits per heavy atom. The molecular formula is C57H66N18O4. The monoisotopic (exact) mass is 1070 g/mol. The van der Waals surface area contributed by atoms with Crippen LogP contribution >= 0.6 is 0 Å². The number of aromatic nitrogens is 8. The second-order valence-corrected chi connectivity index (χ2v) is 19.7. The number of rotatable bonds is 11. The SMILES string of the molecule is CCN(CC)CCN(C)C(=O)c1cccc(Nc2nc3nc4c(cnn24)CCCCC(=O)Nc2cccc(c2)N3)c1.O=C1CCCCc2cnn3c(Nc4cccc(C(=O)N5CCNCC5)c4)nc(nc23)Nc2cccc(c2)N1. The summed E-state index contributed by atoms with van der Waals surface area (Å²) in [5.74, 6) is 1.72. The van der Waals surface area contributed by atoms with Crippen molar-refractivity contribution in [1.29, 1.82) is 0 Å². The molecule has 0 aliphatic carbocycles. The molecule has 0 unspecified atom stereocenters. The van der Waals surface area contributed by atoms with Crippen molar-refractivity contribution in [3.05, 3.63) is 132 Å². The standard InChI is InChI=1S/C30H37N9O2.C27H29N9O2/c1-4-38(5-2)17-16-37(3)28(41)21-11-8-12-23(18-21)34-30-36-29-33-25-14-9-13-24(19-25)32-26(40)15-7-6-10-22-20-31-39(30)27(22)35-29;37-23-10-2-1-5-19-17-29-36-24(19)33-26(31-22-9-4-8-21(16-22)30-23)34-27(36)32-20-7-3-6-18(15-20)25(38)35-13-11-28-12-14-35/h8-9,11-14,18-20H,4-7,10,15-17H2,1-3H3,(H,32,40)(H2,33,34,35,36);3-4,6-9,15-17,28H,1-2,5,10-14H2,(H,30,37)(H2,31,32,33,34). The number of fused-ring (bicyclic) bond motifs is 6. The van der Waals surface area contributed by atoms with Crippen LogP contribution in [0.4, 0.5) is 57.9 Å². The third kappa shape index (κ3) is 13.4. The number of aryl methyl sites for hydroxylation is 2. The van der Waals surface area contributed by atoms with Gasteiger partial charge in [0.15, 0.2) is 11.3 Å². The van der Waals surface area contributed by atoms with Gasteiger partial charge < -0.3 is 51.9 Å². The molecule has 0 spiro atoms. The molecule has 4 amide bonds. The van der Waals surface area contributed by atoms with Gasteiger partial charge in [-0.1, -0.05) is 38.1 Å². The Labute approximate surface area is 457 Å². The summed E-state index contributed by atoms with van der Waals surface area (Å²) in [6.07, 6.45) is 9.17. The summed E-state index contributed by atoms with van der Waals surface area (Å²) in [4.78, 5) is 75.8. The normalized spacial score (nSPS) is 14.7. The highest BCUT2D eigenvalue weighted by Crippen LogP contribution is 2.28. The van der Waals surface area contributed by atoms with Crippen LogP contribution < -0.4 is 37.2 Å². The molecule has 408 valence electrons. The van der Waals surface area contributed by atoms with Gasteiger partial charge in [-0.15, -0.1) is 0 Å². The lowest BCUT2D eigenvalue weighted by atomic mass is 10.1. The van der Waals surface area contributed by atoms with E-state index >= 15 is 0 Å². The topological polar surface area (TPSA) is 248 Å². The van der Waals surface area contributed by atoms with Gasteiger partial charge in [-0.05, 0) is 124 Å². The zero-order valence-electron chi connectivity index (χ0n) is 44.8. The fourth-order valence-corrected chi connectivity index (χ4v) is 9.65. The Morgan fingerprint density at radius 3 is 1.56 bits per heavy atom. The van der Waals surface area contributed by atoms with E-state index in [-0.39, 0.29) is 23.6 Å². The van der Waals surface area contributed by atoms with Gasteiger partial charge in [0.05, 0.1) is 12.4 Å². The van der Waals surface area contributed by atoms with E-state index < -0.39 is 0 Å². The lowest BCUT2D eigenvalue weighted by Crippen LogP contribution is -2.46. The maximum absolute atomic E-state index is 13.2. The summed E-state index contributed by atoms with van der Waals surface area (Å²) in [7, 11) is 1.84. The van der Waals surface area contributed by atoms with Crippen LogP contribution in [0.15, 0.2) is 109 Å². The number of amides is 4. The molecule has 7 N–H and O–H groups in total. The van der Waals surface area contributed by atoms with Crippen molar-refractivity contribution in [3.63, 3.8) is 0 Å². The number of benzene rings is 4. The maximum atomic E-state index is 13.2. The number of hydrogen-bond donors (Lipinski definition) is 7. The highest BCUT2D eigenvalue weighted by molar-refractivity contribution is 5.96. The smallest absolute Gasteiger partial charge is 0.254 e. The summed E-state index contributed by atoms with van der Waals surface area (Å²) in [6.45, 7) is 10.6. The highest BCUT2D eigenvalue weighted by Gasteiger charge is 2.21. The Balaban J connectivity index is 0.000000179. The summed E-state index contributed by atoms with van der Waals surface area (Å²) < 4.78 is 3.36. The van der Waals surface area contributed by atoms with Crippen molar-refractivity contribution < 1.29 is 19.2 Å². The van der Waals surface area contributed by atoms with Crippen molar-refractivity contribution in [2.45, 2.75) is 65.2 Å². The summed E-state index contributed by atoms with van der Waals surface area (Å²) >= 11 is 0. The molecule has 8 aromatic rings. The Hall–Kier alpha value is -9.02. The van der Waals surface area contributed by atoms with Crippen LogP contribution in [0.25, 0.3) is 11.3 Å². The first-order valence-electron chi connectivity index (χ1n) is 27.1. The van der Waals surface area contributed by atoms with Crippen LogP contribution in [0.2, 0.25) is 0 Å². The van der Waals surface area contributed by atoms with Gasteiger partial charge in [0.1, 0.15) is 0 Å². The number of piperazine rings is 1. The molecule has 0 atom stereocenters. The molecule has 7 heterocycles. The maximum Gasteiger partial charge on any atom is 0.254 e. The average molecular weight is 1070 g/mol. The fraction of sp³-hybridized carbons (Fsp3) is 0.333. The second kappa shape index (κ2) is 25.0. The zero-order chi connectivity index (χ0) is 54.7. The Kier molecular flexibility index (Phi) is 16.9. The van der Waals surface area contributed by atoms with Crippen molar-refractivity contribution in [1.82, 2.24) is 59.2 Å². The lowest BCUT2D eigenvalue weighted by Gasteiger charge is -2.27. The number of likely N-dealkylation sites (N-methyl/N-ethyl adjacent to an activating group) is 2. The highest BCUT2D eigenvalue weighted by atomic mass is 16.2. The van der Waals surface area contributed by atoms with E-state index in [0.29, 0.717) is 90.1 Å². The Morgan fingerprint density at radius 2 is 1.04 bits per heavy atom. The number of anilines is 10. The first-order chi connectivity index (χ1) is 38.5. The lowest BCUT2D eigenvalue weighted by molar-refractivity contribution is -0.117. The molecule has 22 heteroatoms. The van der Waals surface area contributed by atoms with Crippen LogP contribution in [-0.4, -0.2) is 137 Å². The minimum atomic E-state index is -0.0363. The van der Waals surface area contributed by atoms with Crippen LogP contribution in [-0.2, 0) is 22.4 Å². The predicted molar refractivity (Wildman–Crippen MR) is 306 cm³/mol. The number of nitrogens with zero attached hydrogens (tertiary/aromatic N) is 11. The van der Waals surface area contributed by atoms with Gasteiger partial charge in [-0.3, -0.25) is 19.2 Å². The van der Waals surface area contributed by atoms with Crippen LogP contribution in [0, 0.1) is 0 Å². The van der Waals surface area contributed by atoms with Crippen molar-refractivity contribution >= 4 is 92.8 Å². The van der Waals surface area contributed by atoms with E-state index in [1.54, 1.807) is 26.3 Å². The van der Waals surface area contributed by atoms with E-state index in [1.807, 2.05) is 109 Å². The number of carbonyl (C=O) groups excluding carboxylic acids is 4. The number of nitrogens with one attached hydrogen (secondary N) is 7. The molecule has 3 aliphatic heterocycles. The van der Waals surface area contributed by atoms with Gasteiger partial charge in [0.2, 0.25) is 35.6 Å². The first-order valence-corrected chi connectivity index (χ1v) is 27.1. The summed E-state index contributed by atoms with van der Waals surface area (Å²) in [5.41, 5.74) is 8.92. The van der Waals surface area contributed by atoms with Gasteiger partial charge in [-0.2, -0.15) is 39.2 Å². The minimum Gasteiger partial charge on any atom is -0.340 e. The van der Waals surface area contributed by atoms with Gasteiger partial charge in [-0.25, -0.2) is 0 Å². The molecule has 0 saturated carbocycles. The van der Waals surface area contributed by atoms with Crippen molar-refractivity contribution in [2.75, 3.05) is 91.3 Å². The first kappa shape index (κ1) is 53.4. The average Bonchev–Trinajstić information content (AvgIpc) is 4.10. The molecular weight excluding hydrogens is 1000 g/mol. The summed E-state index contributed by atoms with van der Waals surface area (Å²) in [6, 6.07) is 29.8. The molecule has 79 heavy (non-hydrogen) atoms. The van der Waals surface area contributed by atoms with E-state index in [4.69, 9.17) is 19.9 Å². The quantitative estimate of drug-likeness (QED) is 0.0648. The largest absolute Gasteiger partial charge is 0.340 e. The van der Waals surface area contributed by atoms with Gasteiger partial charge in [0, 0.05) is 116 Å². The molecule has 3 aliphatic rings. The van der Waals surface area contributed by atoms with Crippen molar-refractivity contribution in [3.8, 4) is 0 Å². The van der Waals surface area contributed by atoms with E-state index in [1.165, 1.54) is 0 Å². The van der Waals surface area contributed by atoms with E-state index in [2.05, 4.69) is 66.2 Å². The molecule has 1 saturated heterocycles. The molecule has 4 aromatic heterocycles. The third-order valence-electron chi connectivity index (χ3n) is 14.0. The number of carbonyl (C=O) groups is 4. The molecule has 4 aromatic carbocycles. The van der Waals surface area contributed by atoms with Crippen LogP contribution in [0.5, 0.6) is 0 Å². The Bertz CT molecular complexity index is 3480. The summed E-state index contributed by atoms with van der Waals surface area (Å²) in [5, 5.41) is 31.6. The van der Waals surface area contributed by atoms with Gasteiger partial charge >= 0.3 is 0 Å². The molecule has 1 fully saturated rings. The third-order valence-corrected chi connectivity index (χ3v) is 14.0. The van der Waals surface area contributed by atoms with E-state index in [0.717, 1.165) is 105 Å². The number of hydrogen-bond acceptors (Lipinski definition) is 16. The van der Waals surface area contributed by atoms with E-state index in [9.17, 15) is 19.2 Å². The van der Waals surface area contributed by atoms with Crippen LogP contribution in [0.3, 0.4) is 0 Å². The molecule has 8 bridgehead atoms. The fourth-order valence-electron chi connectivity index (χ4n) is 9.65. The molecule has 11 rings (SSSR count).